The Bertz CT molecular complexity index is 949. The normalized spacial score (nSPS) is 19.1. The van der Waals surface area contributed by atoms with Crippen molar-refractivity contribution < 1.29 is 19.0 Å². The molecule has 2 heterocycles. The van der Waals surface area contributed by atoms with Crippen LogP contribution < -0.4 is 14.8 Å². The van der Waals surface area contributed by atoms with Gasteiger partial charge in [-0.25, -0.2) is 4.79 Å². The fraction of sp³-hybridized carbons (Fsp3) is 0.524. The Balaban J connectivity index is 1.72. The predicted octanol–water partition coefficient (Wildman–Crippen LogP) is 3.25. The number of allylic oxidation sites excluding steroid dienone is 1. The van der Waals surface area contributed by atoms with E-state index in [0.717, 1.165) is 31.2 Å². The van der Waals surface area contributed by atoms with Gasteiger partial charge in [0.25, 0.3) is 0 Å². The average Bonchev–Trinajstić information content (AvgIpc) is 3.22. The van der Waals surface area contributed by atoms with Crippen LogP contribution in [0.25, 0.3) is 0 Å². The van der Waals surface area contributed by atoms with Crippen molar-refractivity contribution in [1.82, 2.24) is 20.2 Å². The molecule has 2 aliphatic rings. The molecule has 1 aliphatic carbocycles. The number of rotatable bonds is 6. The molecule has 1 aromatic carbocycles. The number of fused-ring (bicyclic) bond motifs is 1. The van der Waals surface area contributed by atoms with Gasteiger partial charge in [-0.1, -0.05) is 17.6 Å². The number of hydrogen-bond donors (Lipinski definition) is 1. The Morgan fingerprint density at radius 1 is 1.23 bits per heavy atom. The minimum absolute atomic E-state index is 0.0441. The van der Waals surface area contributed by atoms with Crippen molar-refractivity contribution >= 4 is 11.9 Å². The van der Waals surface area contributed by atoms with Gasteiger partial charge in [0.15, 0.2) is 11.5 Å². The molecule has 0 amide bonds. The maximum Gasteiger partial charge on any atom is 0.338 e. The van der Waals surface area contributed by atoms with Gasteiger partial charge in [0.1, 0.15) is 12.1 Å². The molecule has 1 atom stereocenters. The predicted molar refractivity (Wildman–Crippen MR) is 109 cm³/mol. The first kappa shape index (κ1) is 20.2. The molecule has 0 radical (unpaired) electrons. The van der Waals surface area contributed by atoms with Crippen molar-refractivity contribution in [1.29, 1.82) is 0 Å². The second-order valence-electron chi connectivity index (χ2n) is 7.52. The van der Waals surface area contributed by atoms with Crippen LogP contribution in [-0.4, -0.2) is 46.0 Å². The molecule has 0 bridgehead atoms. The second-order valence-corrected chi connectivity index (χ2v) is 7.52. The van der Waals surface area contributed by atoms with Gasteiger partial charge in [0.05, 0.1) is 19.3 Å². The van der Waals surface area contributed by atoms with Gasteiger partial charge >= 0.3 is 5.97 Å². The summed E-state index contributed by atoms with van der Waals surface area (Å²) in [6, 6.07) is 5.06. The molecule has 0 unspecified atom stereocenters. The van der Waals surface area contributed by atoms with Gasteiger partial charge in [0, 0.05) is 5.70 Å². The van der Waals surface area contributed by atoms with E-state index in [1.807, 2.05) is 32.0 Å². The molecule has 0 spiro atoms. The van der Waals surface area contributed by atoms with Crippen LogP contribution in [0.2, 0.25) is 0 Å². The third kappa shape index (κ3) is 3.83. The molecular weight excluding hydrogens is 386 g/mol. The number of methoxy groups -OCH3 is 1. The van der Waals surface area contributed by atoms with Crippen LogP contribution >= 0.6 is 0 Å². The van der Waals surface area contributed by atoms with Gasteiger partial charge in [-0.2, -0.15) is 4.68 Å². The van der Waals surface area contributed by atoms with Crippen molar-refractivity contribution in [3.63, 3.8) is 0 Å². The highest BCUT2D eigenvalue weighted by atomic mass is 16.5. The Hall–Kier alpha value is -3.10. The Morgan fingerprint density at radius 3 is 2.77 bits per heavy atom. The van der Waals surface area contributed by atoms with Crippen molar-refractivity contribution in [2.24, 2.45) is 0 Å². The van der Waals surface area contributed by atoms with Gasteiger partial charge in [0.2, 0.25) is 5.95 Å². The third-order valence-corrected chi connectivity index (χ3v) is 5.56. The van der Waals surface area contributed by atoms with Crippen LogP contribution in [0.1, 0.15) is 57.6 Å². The number of carbonyl (C=O) groups is 1. The lowest BCUT2D eigenvalue weighted by Crippen LogP contribution is -2.32. The van der Waals surface area contributed by atoms with E-state index in [2.05, 4.69) is 20.8 Å². The molecule has 1 aliphatic heterocycles. The fourth-order valence-corrected chi connectivity index (χ4v) is 4.11. The van der Waals surface area contributed by atoms with Gasteiger partial charge < -0.3 is 19.5 Å². The quantitative estimate of drug-likeness (QED) is 0.721. The Morgan fingerprint density at radius 2 is 2.03 bits per heavy atom. The Kier molecular flexibility index (Phi) is 5.87. The summed E-state index contributed by atoms with van der Waals surface area (Å²) in [6.07, 6.45) is 5.14. The van der Waals surface area contributed by atoms with Crippen molar-refractivity contribution in [2.45, 2.75) is 58.1 Å². The largest absolute Gasteiger partial charge is 0.493 e. The smallest absolute Gasteiger partial charge is 0.338 e. The van der Waals surface area contributed by atoms with Crippen LogP contribution in [0.5, 0.6) is 11.5 Å². The summed E-state index contributed by atoms with van der Waals surface area (Å²) in [7, 11) is 1.59. The molecule has 1 saturated carbocycles. The fourth-order valence-electron chi connectivity index (χ4n) is 4.11. The average molecular weight is 413 g/mol. The molecule has 1 fully saturated rings. The molecular formula is C21H27N5O4. The zero-order valence-electron chi connectivity index (χ0n) is 17.6. The summed E-state index contributed by atoms with van der Waals surface area (Å²) >= 11 is 0. The minimum atomic E-state index is -0.531. The van der Waals surface area contributed by atoms with E-state index in [0.29, 0.717) is 35.3 Å². The number of tetrazole rings is 1. The van der Waals surface area contributed by atoms with Crippen LogP contribution in [0.15, 0.2) is 29.5 Å². The lowest BCUT2D eigenvalue weighted by atomic mass is 9.94. The summed E-state index contributed by atoms with van der Waals surface area (Å²) in [5.74, 6) is 1.35. The number of hydrogen-bond acceptors (Lipinski definition) is 8. The summed E-state index contributed by atoms with van der Waals surface area (Å²) in [4.78, 5) is 13.3. The van der Waals surface area contributed by atoms with E-state index in [1.165, 1.54) is 6.42 Å². The summed E-state index contributed by atoms with van der Waals surface area (Å²) in [6.45, 7) is 4.28. The van der Waals surface area contributed by atoms with Gasteiger partial charge in [-0.3, -0.25) is 0 Å². The van der Waals surface area contributed by atoms with E-state index in [9.17, 15) is 4.79 Å². The monoisotopic (exact) mass is 413 g/mol. The zero-order chi connectivity index (χ0) is 21.1. The maximum absolute atomic E-state index is 13.3. The first-order valence-corrected chi connectivity index (χ1v) is 10.4. The SMILES string of the molecule is CCOc1ccc([C@@H]2C(C(=O)OC3CCCCC3)=C(C)Nc3nnnn32)cc1OC. The molecule has 30 heavy (non-hydrogen) atoms. The lowest BCUT2D eigenvalue weighted by molar-refractivity contribution is -0.146. The van der Waals surface area contributed by atoms with Crippen molar-refractivity contribution in [3.8, 4) is 11.5 Å². The number of ether oxygens (including phenoxy) is 3. The number of carbonyl (C=O) groups excluding carboxylic acids is 1. The molecule has 160 valence electrons. The number of anilines is 1. The van der Waals surface area contributed by atoms with E-state index in [-0.39, 0.29) is 12.1 Å². The van der Waals surface area contributed by atoms with Crippen LogP contribution in [-0.2, 0) is 9.53 Å². The minimum Gasteiger partial charge on any atom is -0.493 e. The molecule has 1 aromatic heterocycles. The van der Waals surface area contributed by atoms with E-state index in [4.69, 9.17) is 14.2 Å². The van der Waals surface area contributed by atoms with Crippen molar-refractivity contribution in [3.05, 3.63) is 35.0 Å². The van der Waals surface area contributed by atoms with Gasteiger partial charge in [-0.05, 0) is 67.7 Å². The third-order valence-electron chi connectivity index (χ3n) is 5.56. The van der Waals surface area contributed by atoms with Crippen LogP contribution in [0.4, 0.5) is 5.95 Å². The summed E-state index contributed by atoms with van der Waals surface area (Å²) in [5, 5.41) is 15.0. The summed E-state index contributed by atoms with van der Waals surface area (Å²) < 4.78 is 18.6. The molecule has 9 heteroatoms. The topological polar surface area (TPSA) is 100 Å². The molecule has 4 rings (SSSR count). The highest BCUT2D eigenvalue weighted by molar-refractivity contribution is 5.92. The van der Waals surface area contributed by atoms with E-state index >= 15 is 0 Å². The number of aromatic nitrogens is 4. The zero-order valence-corrected chi connectivity index (χ0v) is 17.6. The van der Waals surface area contributed by atoms with Crippen LogP contribution in [0, 0.1) is 0 Å². The number of esters is 1. The highest BCUT2D eigenvalue weighted by Gasteiger charge is 2.36. The van der Waals surface area contributed by atoms with Crippen molar-refractivity contribution in [2.75, 3.05) is 19.0 Å². The standard InChI is InChI=1S/C21H27N5O4/c1-4-29-16-11-10-14(12-17(16)28-3)19-18(13(2)22-21-23-24-25-26(19)21)20(27)30-15-8-6-5-7-9-15/h10-12,15,19H,4-9H2,1-3H3,(H,22,23,25)/t19-/m1/s1. The molecule has 0 saturated heterocycles. The first-order chi connectivity index (χ1) is 14.6. The number of nitrogens with zero attached hydrogens (tertiary/aromatic N) is 4. The summed E-state index contributed by atoms with van der Waals surface area (Å²) in [5.41, 5.74) is 1.97. The highest BCUT2D eigenvalue weighted by Crippen LogP contribution is 2.39. The van der Waals surface area contributed by atoms with E-state index < -0.39 is 6.04 Å². The van der Waals surface area contributed by atoms with Gasteiger partial charge in [-0.15, -0.1) is 0 Å². The Labute approximate surface area is 175 Å². The van der Waals surface area contributed by atoms with Crippen LogP contribution in [0.3, 0.4) is 0 Å². The molecule has 9 nitrogen and oxygen atoms in total. The lowest BCUT2D eigenvalue weighted by Gasteiger charge is -2.29. The molecule has 1 N–H and O–H groups in total. The molecule has 2 aromatic rings. The number of nitrogens with one attached hydrogen (secondary N) is 1. The second kappa shape index (κ2) is 8.73. The van der Waals surface area contributed by atoms with E-state index in [1.54, 1.807) is 11.8 Å². The number of benzene rings is 1. The first-order valence-electron chi connectivity index (χ1n) is 10.4. The maximum atomic E-state index is 13.3.